The lowest BCUT2D eigenvalue weighted by molar-refractivity contribution is 0.102. The average molecular weight is 525 g/mol. The zero-order valence-electron chi connectivity index (χ0n) is 20.6. The monoisotopic (exact) mass is 524 g/mol. The molecule has 35 heavy (non-hydrogen) atoms. The molecule has 2 aromatic carbocycles. The maximum Gasteiger partial charge on any atom is 0.407 e. The summed E-state index contributed by atoms with van der Waals surface area (Å²) >= 11 is 5.78. The summed E-state index contributed by atoms with van der Waals surface area (Å²) in [6, 6.07) is 5.81. The van der Waals surface area contributed by atoms with E-state index >= 15 is 0 Å². The van der Waals surface area contributed by atoms with E-state index < -0.39 is 38.0 Å². The normalized spacial score (nSPS) is 15.5. The molecule has 1 aliphatic rings. The molecule has 0 aromatic heterocycles. The third-order valence-electron chi connectivity index (χ3n) is 6.64. The smallest absolute Gasteiger partial charge is 0.407 e. The van der Waals surface area contributed by atoms with E-state index in [0.717, 1.165) is 6.07 Å². The Morgan fingerprint density at radius 2 is 1.80 bits per heavy atom. The minimum Gasteiger partial charge on any atom is -0.447 e. The number of anilines is 1. The van der Waals surface area contributed by atoms with Gasteiger partial charge in [0, 0.05) is 16.8 Å². The first-order chi connectivity index (χ1) is 16.3. The van der Waals surface area contributed by atoms with Crippen LogP contribution in [-0.4, -0.2) is 33.5 Å². The Morgan fingerprint density at radius 3 is 2.46 bits per heavy atom. The summed E-state index contributed by atoms with van der Waals surface area (Å²) in [6.07, 6.45) is 0.158. The van der Waals surface area contributed by atoms with Gasteiger partial charge in [0.1, 0.15) is 18.2 Å². The molecule has 2 N–H and O–H groups in total. The van der Waals surface area contributed by atoms with Crippen LogP contribution >= 0.6 is 11.6 Å². The number of amides is 2. The number of fused-ring (bicyclic) bond motifs is 1. The highest BCUT2D eigenvalue weighted by molar-refractivity contribution is 6.74. The fourth-order valence-corrected chi connectivity index (χ4v) is 4.88. The molecule has 0 aliphatic heterocycles. The minimum absolute atomic E-state index is 0.0489. The molecule has 0 unspecified atom stereocenters. The molecule has 10 heteroatoms. The van der Waals surface area contributed by atoms with Crippen LogP contribution in [0.2, 0.25) is 23.2 Å². The topological polar surface area (TPSA) is 76.7 Å². The van der Waals surface area contributed by atoms with Crippen LogP contribution in [0, 0.1) is 11.6 Å². The van der Waals surface area contributed by atoms with Crippen LogP contribution in [0.4, 0.5) is 19.3 Å². The van der Waals surface area contributed by atoms with Crippen molar-refractivity contribution in [1.82, 2.24) is 5.32 Å². The van der Waals surface area contributed by atoms with Crippen LogP contribution in [0.3, 0.4) is 0 Å². The van der Waals surface area contributed by atoms with Gasteiger partial charge in [0.25, 0.3) is 5.91 Å². The first-order valence-electron chi connectivity index (χ1n) is 11.4. The van der Waals surface area contributed by atoms with Gasteiger partial charge in [-0.05, 0) is 66.9 Å². The Hall–Kier alpha value is -2.49. The van der Waals surface area contributed by atoms with E-state index in [1.165, 1.54) is 24.3 Å². The van der Waals surface area contributed by atoms with Crippen LogP contribution in [0.1, 0.15) is 54.7 Å². The van der Waals surface area contributed by atoms with Crippen molar-refractivity contribution in [2.45, 2.75) is 57.8 Å². The number of nitrogens with one attached hydrogen (secondary N) is 2. The first kappa shape index (κ1) is 27.1. The predicted molar refractivity (Wildman–Crippen MR) is 134 cm³/mol. The summed E-state index contributed by atoms with van der Waals surface area (Å²) < 4.78 is 39.3. The molecule has 0 bridgehead atoms. The zero-order chi connectivity index (χ0) is 26.0. The number of benzene rings is 2. The summed E-state index contributed by atoms with van der Waals surface area (Å²) in [5.74, 6) is -1.58. The fourth-order valence-electron chi connectivity index (χ4n) is 3.68. The van der Waals surface area contributed by atoms with Crippen LogP contribution in [-0.2, 0) is 15.6 Å². The van der Waals surface area contributed by atoms with E-state index in [1.807, 2.05) is 0 Å². The fraction of sp³-hybridized carbons (Fsp3) is 0.440. The summed E-state index contributed by atoms with van der Waals surface area (Å²) in [5.41, 5.74) is 1.38. The molecule has 0 saturated carbocycles. The molecule has 1 atom stereocenters. The number of carbonyl (C=O) groups excluding carboxylic acids is 2. The van der Waals surface area contributed by atoms with Crippen LogP contribution < -0.4 is 10.6 Å². The van der Waals surface area contributed by atoms with Gasteiger partial charge < -0.3 is 19.8 Å². The third kappa shape index (κ3) is 6.39. The number of hydrogen-bond donors (Lipinski definition) is 2. The van der Waals surface area contributed by atoms with Crippen molar-refractivity contribution in [2.75, 3.05) is 18.5 Å². The van der Waals surface area contributed by atoms with Gasteiger partial charge in [0.15, 0.2) is 8.32 Å². The van der Waals surface area contributed by atoms with E-state index in [2.05, 4.69) is 44.5 Å². The number of carbonyl (C=O) groups is 2. The number of rotatable bonds is 7. The molecular weight excluding hydrogens is 494 g/mol. The van der Waals surface area contributed by atoms with Gasteiger partial charge in [-0.25, -0.2) is 13.6 Å². The van der Waals surface area contributed by atoms with Crippen molar-refractivity contribution >= 4 is 37.6 Å². The van der Waals surface area contributed by atoms with Gasteiger partial charge in [0.05, 0.1) is 17.7 Å². The zero-order valence-corrected chi connectivity index (χ0v) is 22.3. The Labute approximate surface area is 210 Å². The maximum absolute atomic E-state index is 14.7. The second-order valence-corrected chi connectivity index (χ2v) is 15.3. The average Bonchev–Trinajstić information content (AvgIpc) is 3.17. The Bertz CT molecular complexity index is 1120. The Kier molecular flexibility index (Phi) is 8.24. The Morgan fingerprint density at radius 1 is 1.11 bits per heavy atom. The highest BCUT2D eigenvalue weighted by Crippen LogP contribution is 2.37. The second kappa shape index (κ2) is 10.6. The largest absolute Gasteiger partial charge is 0.447 e. The minimum atomic E-state index is -1.94. The lowest BCUT2D eigenvalue weighted by Crippen LogP contribution is -2.41. The molecule has 2 amide bonds. The van der Waals surface area contributed by atoms with Crippen molar-refractivity contribution in [1.29, 1.82) is 0 Å². The van der Waals surface area contributed by atoms with Crippen molar-refractivity contribution in [3.05, 3.63) is 63.7 Å². The van der Waals surface area contributed by atoms with Crippen LogP contribution in [0.5, 0.6) is 0 Å². The summed E-state index contributed by atoms with van der Waals surface area (Å²) in [6.45, 7) is 11.0. The molecule has 6 nitrogen and oxygen atoms in total. The summed E-state index contributed by atoms with van der Waals surface area (Å²) in [4.78, 5) is 25.2. The highest BCUT2D eigenvalue weighted by Gasteiger charge is 2.37. The van der Waals surface area contributed by atoms with Crippen LogP contribution in [0.15, 0.2) is 30.3 Å². The molecule has 3 rings (SSSR count). The van der Waals surface area contributed by atoms with Crippen molar-refractivity contribution < 1.29 is 27.5 Å². The van der Waals surface area contributed by atoms with E-state index in [-0.39, 0.29) is 34.4 Å². The highest BCUT2D eigenvalue weighted by atomic mass is 35.5. The summed E-state index contributed by atoms with van der Waals surface area (Å²) in [7, 11) is -1.94. The van der Waals surface area contributed by atoms with Crippen molar-refractivity contribution in [3.8, 4) is 0 Å². The van der Waals surface area contributed by atoms with E-state index in [0.29, 0.717) is 24.1 Å². The molecule has 0 fully saturated rings. The van der Waals surface area contributed by atoms with E-state index in [4.69, 9.17) is 20.8 Å². The number of alkyl carbamates (subject to hydrolysis) is 1. The molecular formula is C25H31ClF2N2O4Si. The van der Waals surface area contributed by atoms with Gasteiger partial charge >= 0.3 is 6.09 Å². The molecule has 0 spiro atoms. The predicted octanol–water partition coefficient (Wildman–Crippen LogP) is 6.61. The Balaban J connectivity index is 1.62. The standard InChI is InChI=1S/C25H31ClF2N2O4Si/c1-25(2,3)35(4,5)34-13-12-33-24(32)30-21-11-8-16-17(7-10-20(28)22(16)21)23(31)29-15-6-9-19(27)18(26)14-15/h6-7,9-10,14,21H,8,11-13H2,1-5H3,(H,29,31)(H,30,32)/t21-/m0/s1. The van der Waals surface area contributed by atoms with Gasteiger partial charge in [-0.3, -0.25) is 4.79 Å². The molecule has 190 valence electrons. The number of halogens is 3. The van der Waals surface area contributed by atoms with Gasteiger partial charge in [-0.15, -0.1) is 0 Å². The molecule has 0 saturated heterocycles. The lowest BCUT2D eigenvalue weighted by Gasteiger charge is -2.36. The molecule has 1 aliphatic carbocycles. The SMILES string of the molecule is CC(C)(C)[Si](C)(C)OCCOC(=O)N[C@H]1CCc2c(C(=O)Nc3ccc(F)c(Cl)c3)ccc(F)c21. The number of ether oxygens (including phenoxy) is 1. The second-order valence-electron chi connectivity index (χ2n) is 10.1. The summed E-state index contributed by atoms with van der Waals surface area (Å²) in [5, 5.41) is 5.28. The molecule has 0 radical (unpaired) electrons. The third-order valence-corrected chi connectivity index (χ3v) is 11.5. The molecule has 0 heterocycles. The van der Waals surface area contributed by atoms with E-state index in [1.54, 1.807) is 0 Å². The van der Waals surface area contributed by atoms with E-state index in [9.17, 15) is 18.4 Å². The quantitative estimate of drug-likeness (QED) is 0.316. The van der Waals surface area contributed by atoms with Crippen molar-refractivity contribution in [2.24, 2.45) is 0 Å². The molecule has 2 aromatic rings. The van der Waals surface area contributed by atoms with Crippen LogP contribution in [0.25, 0.3) is 0 Å². The maximum atomic E-state index is 14.7. The van der Waals surface area contributed by atoms with Crippen molar-refractivity contribution in [3.63, 3.8) is 0 Å². The van der Waals surface area contributed by atoms with Gasteiger partial charge in [-0.1, -0.05) is 32.4 Å². The number of hydrogen-bond acceptors (Lipinski definition) is 4. The van der Waals surface area contributed by atoms with Gasteiger partial charge in [0.2, 0.25) is 0 Å². The lowest BCUT2D eigenvalue weighted by atomic mass is 10.0. The van der Waals surface area contributed by atoms with Gasteiger partial charge in [-0.2, -0.15) is 0 Å². The first-order valence-corrected chi connectivity index (χ1v) is 14.7.